The molecule has 1 amide bonds. The maximum atomic E-state index is 12.0. The number of anilines is 1. The summed E-state index contributed by atoms with van der Waals surface area (Å²) in [6, 6.07) is 1.71. The Kier molecular flexibility index (Phi) is 2.70. The standard InChI is InChI=1S/C11H13N3O2/c1-7-8(2)10(16-3)14(9(7)15)11-12-5-4-6-13-11/h4-6,10H,1-3H3. The Hall–Kier alpha value is -1.75. The van der Waals surface area contributed by atoms with Crippen molar-refractivity contribution in [2.75, 3.05) is 12.0 Å². The van der Waals surface area contributed by atoms with Gasteiger partial charge in [-0.1, -0.05) is 0 Å². The Morgan fingerprint density at radius 3 is 2.50 bits per heavy atom. The first kappa shape index (κ1) is 10.8. The molecule has 1 aliphatic rings. The molecule has 1 atom stereocenters. The van der Waals surface area contributed by atoms with E-state index in [-0.39, 0.29) is 5.91 Å². The van der Waals surface area contributed by atoms with Gasteiger partial charge in [-0.3, -0.25) is 4.79 Å². The minimum atomic E-state index is -0.394. The molecule has 0 aromatic carbocycles. The van der Waals surface area contributed by atoms with Crippen LogP contribution in [0.25, 0.3) is 0 Å². The summed E-state index contributed by atoms with van der Waals surface area (Å²) in [6.07, 6.45) is 2.81. The van der Waals surface area contributed by atoms with Gasteiger partial charge in [0.2, 0.25) is 5.95 Å². The summed E-state index contributed by atoms with van der Waals surface area (Å²) in [6.45, 7) is 3.66. The normalized spacial score (nSPS) is 20.8. The third kappa shape index (κ3) is 1.49. The van der Waals surface area contributed by atoms with Gasteiger partial charge in [0.1, 0.15) is 0 Å². The SMILES string of the molecule is COC1C(C)=C(C)C(=O)N1c1ncccn1. The highest BCUT2D eigenvalue weighted by Gasteiger charge is 2.37. The van der Waals surface area contributed by atoms with Crippen molar-refractivity contribution < 1.29 is 9.53 Å². The fourth-order valence-electron chi connectivity index (χ4n) is 1.73. The number of aromatic nitrogens is 2. The molecule has 0 saturated heterocycles. The Morgan fingerprint density at radius 1 is 1.31 bits per heavy atom. The van der Waals surface area contributed by atoms with E-state index >= 15 is 0 Å². The molecule has 1 aliphatic heterocycles. The van der Waals surface area contributed by atoms with E-state index in [9.17, 15) is 4.79 Å². The molecule has 0 aliphatic carbocycles. The third-order valence-electron chi connectivity index (χ3n) is 2.73. The van der Waals surface area contributed by atoms with Gasteiger partial charge < -0.3 is 4.74 Å². The number of carbonyl (C=O) groups is 1. The number of methoxy groups -OCH3 is 1. The molecular weight excluding hydrogens is 206 g/mol. The van der Waals surface area contributed by atoms with Crippen LogP contribution < -0.4 is 4.90 Å². The molecule has 5 heteroatoms. The first-order valence-electron chi connectivity index (χ1n) is 4.97. The second kappa shape index (κ2) is 4.02. The van der Waals surface area contributed by atoms with Gasteiger partial charge in [0.05, 0.1) is 0 Å². The highest BCUT2D eigenvalue weighted by atomic mass is 16.5. The number of nitrogens with zero attached hydrogens (tertiary/aromatic N) is 3. The number of carbonyl (C=O) groups excluding carboxylic acids is 1. The lowest BCUT2D eigenvalue weighted by Gasteiger charge is -2.22. The summed E-state index contributed by atoms with van der Waals surface area (Å²) in [5, 5.41) is 0. The van der Waals surface area contributed by atoms with Gasteiger partial charge in [-0.05, 0) is 25.5 Å². The predicted molar refractivity (Wildman–Crippen MR) is 58.7 cm³/mol. The Labute approximate surface area is 93.8 Å². The zero-order chi connectivity index (χ0) is 11.7. The van der Waals surface area contributed by atoms with Crippen LogP contribution >= 0.6 is 0 Å². The second-order valence-electron chi connectivity index (χ2n) is 3.62. The van der Waals surface area contributed by atoms with Crippen LogP contribution in [0.2, 0.25) is 0 Å². The largest absolute Gasteiger partial charge is 0.357 e. The number of ether oxygens (including phenoxy) is 1. The number of amides is 1. The smallest absolute Gasteiger partial charge is 0.258 e. The van der Waals surface area contributed by atoms with E-state index in [0.717, 1.165) is 5.57 Å². The van der Waals surface area contributed by atoms with Gasteiger partial charge in [0, 0.05) is 25.1 Å². The van der Waals surface area contributed by atoms with E-state index in [2.05, 4.69) is 9.97 Å². The van der Waals surface area contributed by atoms with E-state index in [1.807, 2.05) is 6.92 Å². The number of hydrogen-bond donors (Lipinski definition) is 0. The van der Waals surface area contributed by atoms with Crippen LogP contribution in [0.1, 0.15) is 13.8 Å². The fourth-order valence-corrected chi connectivity index (χ4v) is 1.73. The van der Waals surface area contributed by atoms with Crippen molar-refractivity contribution in [2.24, 2.45) is 0 Å². The van der Waals surface area contributed by atoms with E-state index < -0.39 is 6.23 Å². The van der Waals surface area contributed by atoms with Gasteiger partial charge in [-0.15, -0.1) is 0 Å². The van der Waals surface area contributed by atoms with Crippen LogP contribution in [0.3, 0.4) is 0 Å². The van der Waals surface area contributed by atoms with Crippen molar-refractivity contribution in [2.45, 2.75) is 20.1 Å². The number of rotatable bonds is 2. The molecule has 1 aromatic heterocycles. The Bertz CT molecular complexity index is 442. The van der Waals surface area contributed by atoms with Crippen molar-refractivity contribution >= 4 is 11.9 Å². The van der Waals surface area contributed by atoms with Gasteiger partial charge in [-0.25, -0.2) is 14.9 Å². The van der Waals surface area contributed by atoms with Crippen molar-refractivity contribution in [1.82, 2.24) is 9.97 Å². The van der Waals surface area contributed by atoms with Crippen LogP contribution in [0.4, 0.5) is 5.95 Å². The summed E-state index contributed by atoms with van der Waals surface area (Å²) in [4.78, 5) is 21.6. The number of hydrogen-bond acceptors (Lipinski definition) is 4. The minimum Gasteiger partial charge on any atom is -0.357 e. The summed E-state index contributed by atoms with van der Waals surface area (Å²) < 4.78 is 5.30. The van der Waals surface area contributed by atoms with Crippen molar-refractivity contribution in [1.29, 1.82) is 0 Å². The van der Waals surface area contributed by atoms with E-state index in [4.69, 9.17) is 4.74 Å². The fraction of sp³-hybridized carbons (Fsp3) is 0.364. The molecule has 0 radical (unpaired) electrons. The van der Waals surface area contributed by atoms with E-state index in [1.165, 1.54) is 4.90 Å². The Balaban J connectivity index is 2.41. The highest BCUT2D eigenvalue weighted by molar-refractivity contribution is 6.08. The molecule has 1 unspecified atom stereocenters. The molecule has 1 aromatic rings. The Morgan fingerprint density at radius 2 is 1.94 bits per heavy atom. The average molecular weight is 219 g/mol. The van der Waals surface area contributed by atoms with Gasteiger partial charge >= 0.3 is 0 Å². The molecular formula is C11H13N3O2. The quantitative estimate of drug-likeness (QED) is 0.748. The molecule has 0 N–H and O–H groups in total. The summed E-state index contributed by atoms with van der Waals surface area (Å²) >= 11 is 0. The molecule has 2 heterocycles. The zero-order valence-electron chi connectivity index (χ0n) is 9.47. The van der Waals surface area contributed by atoms with E-state index in [0.29, 0.717) is 11.5 Å². The second-order valence-corrected chi connectivity index (χ2v) is 3.62. The summed E-state index contributed by atoms with van der Waals surface area (Å²) in [5.41, 5.74) is 1.60. The first-order valence-corrected chi connectivity index (χ1v) is 4.97. The molecule has 0 bridgehead atoms. The topological polar surface area (TPSA) is 55.3 Å². The molecule has 84 valence electrons. The van der Waals surface area contributed by atoms with Gasteiger partial charge in [0.15, 0.2) is 6.23 Å². The zero-order valence-corrected chi connectivity index (χ0v) is 9.47. The van der Waals surface area contributed by atoms with Gasteiger partial charge in [-0.2, -0.15) is 0 Å². The maximum Gasteiger partial charge on any atom is 0.258 e. The molecule has 5 nitrogen and oxygen atoms in total. The summed E-state index contributed by atoms with van der Waals surface area (Å²) in [5.74, 6) is 0.270. The van der Waals surface area contributed by atoms with Crippen LogP contribution in [0.5, 0.6) is 0 Å². The monoisotopic (exact) mass is 219 g/mol. The van der Waals surface area contributed by atoms with Crippen LogP contribution in [0, 0.1) is 0 Å². The average Bonchev–Trinajstić information content (AvgIpc) is 2.54. The van der Waals surface area contributed by atoms with Crippen LogP contribution in [-0.2, 0) is 9.53 Å². The van der Waals surface area contributed by atoms with Crippen LogP contribution in [-0.4, -0.2) is 29.2 Å². The third-order valence-corrected chi connectivity index (χ3v) is 2.73. The lowest BCUT2D eigenvalue weighted by Crippen LogP contribution is -2.37. The van der Waals surface area contributed by atoms with Crippen molar-refractivity contribution in [3.05, 3.63) is 29.6 Å². The lowest BCUT2D eigenvalue weighted by molar-refractivity contribution is -0.115. The molecule has 2 rings (SSSR count). The maximum absolute atomic E-state index is 12.0. The lowest BCUT2D eigenvalue weighted by atomic mass is 10.2. The van der Waals surface area contributed by atoms with E-state index in [1.54, 1.807) is 32.5 Å². The van der Waals surface area contributed by atoms with Gasteiger partial charge in [0.25, 0.3) is 5.91 Å². The van der Waals surface area contributed by atoms with Crippen molar-refractivity contribution in [3.8, 4) is 0 Å². The highest BCUT2D eigenvalue weighted by Crippen LogP contribution is 2.28. The first-order chi connectivity index (χ1) is 7.66. The summed E-state index contributed by atoms with van der Waals surface area (Å²) in [7, 11) is 1.57. The minimum absolute atomic E-state index is 0.101. The molecule has 16 heavy (non-hydrogen) atoms. The molecule has 0 fully saturated rings. The predicted octanol–water partition coefficient (Wildman–Crippen LogP) is 1.13. The van der Waals surface area contributed by atoms with Crippen molar-refractivity contribution in [3.63, 3.8) is 0 Å². The molecule has 0 saturated carbocycles. The van der Waals surface area contributed by atoms with Crippen LogP contribution in [0.15, 0.2) is 29.6 Å². The molecule has 0 spiro atoms.